The van der Waals surface area contributed by atoms with Crippen molar-refractivity contribution in [3.8, 4) is 5.75 Å². The molecule has 1 aromatic rings. The molecule has 0 aromatic heterocycles. The van der Waals surface area contributed by atoms with Crippen LogP contribution in [-0.2, 0) is 16.1 Å². The summed E-state index contributed by atoms with van der Waals surface area (Å²) in [6, 6.07) is 7.15. The third kappa shape index (κ3) is 2.40. The molecule has 1 heterocycles. The van der Waals surface area contributed by atoms with Crippen LogP contribution in [0.1, 0.15) is 24.8 Å². The number of benzene rings is 1. The van der Waals surface area contributed by atoms with Gasteiger partial charge in [-0.2, -0.15) is 0 Å². The second kappa shape index (κ2) is 5.44. The normalized spacial score (nSPS) is 29.4. The molecule has 3 rings (SSSR count). The molecule has 2 aliphatic rings. The van der Waals surface area contributed by atoms with E-state index in [1.165, 1.54) is 20.0 Å². The summed E-state index contributed by atoms with van der Waals surface area (Å²) in [5.74, 6) is 1.23. The number of likely N-dealkylation sites (tertiary alicyclic amines) is 1. The average molecular weight is 275 g/mol. The van der Waals surface area contributed by atoms with Crippen LogP contribution in [0, 0.1) is 11.8 Å². The summed E-state index contributed by atoms with van der Waals surface area (Å²) in [5, 5.41) is 9.56. The number of fused-ring (bicyclic) bond motifs is 1. The van der Waals surface area contributed by atoms with Gasteiger partial charge in [0.15, 0.2) is 0 Å². The van der Waals surface area contributed by atoms with E-state index in [2.05, 4.69) is 4.90 Å². The van der Waals surface area contributed by atoms with Crippen LogP contribution in [0.25, 0.3) is 0 Å². The number of hydrogen-bond acceptors (Lipinski definition) is 4. The van der Waals surface area contributed by atoms with E-state index in [1.807, 2.05) is 12.1 Å². The van der Waals surface area contributed by atoms with Gasteiger partial charge >= 0.3 is 5.97 Å². The molecule has 1 saturated heterocycles. The first-order valence-electron chi connectivity index (χ1n) is 7.29. The fourth-order valence-corrected chi connectivity index (χ4v) is 3.89. The van der Waals surface area contributed by atoms with Gasteiger partial charge in [0.05, 0.1) is 7.11 Å². The van der Waals surface area contributed by atoms with Gasteiger partial charge in [-0.25, -0.2) is 0 Å². The number of hydrogen-bond donors (Lipinski definition) is 1. The minimum absolute atomic E-state index is 0.112. The number of ether oxygens (including phenoxy) is 1. The van der Waals surface area contributed by atoms with E-state index in [9.17, 15) is 9.90 Å². The zero-order valence-corrected chi connectivity index (χ0v) is 11.8. The van der Waals surface area contributed by atoms with Crippen LogP contribution in [0.15, 0.2) is 24.3 Å². The van der Waals surface area contributed by atoms with Crippen molar-refractivity contribution in [2.24, 2.45) is 11.8 Å². The smallest absolute Gasteiger partial charge is 0.323 e. The Morgan fingerprint density at radius 1 is 1.45 bits per heavy atom. The van der Waals surface area contributed by atoms with Crippen molar-refractivity contribution in [3.63, 3.8) is 0 Å². The summed E-state index contributed by atoms with van der Waals surface area (Å²) in [5.41, 5.74) is 1.04. The Hall–Kier alpha value is -1.55. The number of aromatic hydroxyl groups is 1. The first-order valence-corrected chi connectivity index (χ1v) is 7.29. The summed E-state index contributed by atoms with van der Waals surface area (Å²) in [6.45, 7) is 1.65. The molecule has 4 nitrogen and oxygen atoms in total. The van der Waals surface area contributed by atoms with E-state index in [-0.39, 0.29) is 17.8 Å². The zero-order chi connectivity index (χ0) is 14.1. The number of rotatable bonds is 3. The molecular weight excluding hydrogens is 254 g/mol. The van der Waals surface area contributed by atoms with Gasteiger partial charge in [0.25, 0.3) is 0 Å². The van der Waals surface area contributed by atoms with Crippen molar-refractivity contribution in [1.29, 1.82) is 0 Å². The van der Waals surface area contributed by atoms with Crippen molar-refractivity contribution in [2.75, 3.05) is 13.7 Å². The van der Waals surface area contributed by atoms with E-state index in [4.69, 9.17) is 4.74 Å². The summed E-state index contributed by atoms with van der Waals surface area (Å²) >= 11 is 0. The molecule has 0 radical (unpaired) electrons. The molecule has 2 fully saturated rings. The van der Waals surface area contributed by atoms with Crippen LogP contribution in [0.3, 0.4) is 0 Å². The third-order valence-electron chi connectivity index (χ3n) is 4.72. The Morgan fingerprint density at radius 3 is 3.05 bits per heavy atom. The summed E-state index contributed by atoms with van der Waals surface area (Å²) < 4.78 is 5.00. The van der Waals surface area contributed by atoms with Crippen LogP contribution >= 0.6 is 0 Å². The molecule has 3 atom stereocenters. The number of carbonyl (C=O) groups excluding carboxylic acids is 1. The Labute approximate surface area is 119 Å². The number of carbonyl (C=O) groups is 1. The second-order valence-corrected chi connectivity index (χ2v) is 5.92. The second-order valence-electron chi connectivity index (χ2n) is 5.92. The molecule has 108 valence electrons. The minimum Gasteiger partial charge on any atom is -0.508 e. The number of nitrogens with zero attached hydrogens (tertiary/aromatic N) is 1. The quantitative estimate of drug-likeness (QED) is 0.859. The van der Waals surface area contributed by atoms with E-state index in [0.717, 1.165) is 18.5 Å². The third-order valence-corrected chi connectivity index (χ3v) is 4.72. The minimum atomic E-state index is -0.116. The molecule has 1 aliphatic heterocycles. The SMILES string of the molecule is COC(=O)[C@@H]1[C@@H]2CCC[C@H]2CN1Cc1cccc(O)c1. The number of methoxy groups -OCH3 is 1. The lowest BCUT2D eigenvalue weighted by molar-refractivity contribution is -0.147. The standard InChI is InChI=1S/C16H21NO3/c1-20-16(19)15-14-7-3-5-12(14)10-17(15)9-11-4-2-6-13(18)8-11/h2,4,6,8,12,14-15,18H,3,5,7,9-10H2,1H3/t12-,14+,15-/m0/s1. The molecule has 0 bridgehead atoms. The molecule has 1 N–H and O–H groups in total. The largest absolute Gasteiger partial charge is 0.508 e. The van der Waals surface area contributed by atoms with Gasteiger partial charge < -0.3 is 9.84 Å². The average Bonchev–Trinajstić information content (AvgIpc) is 2.98. The highest BCUT2D eigenvalue weighted by Gasteiger charge is 2.47. The van der Waals surface area contributed by atoms with Gasteiger partial charge in [0.1, 0.15) is 11.8 Å². The van der Waals surface area contributed by atoms with Crippen LogP contribution in [0.2, 0.25) is 0 Å². The van der Waals surface area contributed by atoms with Crippen molar-refractivity contribution in [3.05, 3.63) is 29.8 Å². The van der Waals surface area contributed by atoms with Crippen LogP contribution in [-0.4, -0.2) is 35.7 Å². The van der Waals surface area contributed by atoms with Crippen molar-refractivity contribution in [2.45, 2.75) is 31.8 Å². The number of phenols is 1. The van der Waals surface area contributed by atoms with E-state index in [1.54, 1.807) is 12.1 Å². The predicted molar refractivity (Wildman–Crippen MR) is 75.2 cm³/mol. The van der Waals surface area contributed by atoms with Gasteiger partial charge in [-0.1, -0.05) is 18.6 Å². The van der Waals surface area contributed by atoms with Crippen LogP contribution in [0.5, 0.6) is 5.75 Å². The van der Waals surface area contributed by atoms with Gasteiger partial charge in [-0.05, 0) is 42.4 Å². The van der Waals surface area contributed by atoms with Gasteiger partial charge in [-0.3, -0.25) is 9.69 Å². The molecule has 1 aromatic carbocycles. The van der Waals surface area contributed by atoms with Gasteiger partial charge in [0.2, 0.25) is 0 Å². The highest BCUT2D eigenvalue weighted by Crippen LogP contribution is 2.43. The fourth-order valence-electron chi connectivity index (χ4n) is 3.89. The topological polar surface area (TPSA) is 49.8 Å². The van der Waals surface area contributed by atoms with Gasteiger partial charge in [-0.15, -0.1) is 0 Å². The van der Waals surface area contributed by atoms with E-state index < -0.39 is 0 Å². The number of esters is 1. The fraction of sp³-hybridized carbons (Fsp3) is 0.562. The van der Waals surface area contributed by atoms with E-state index >= 15 is 0 Å². The monoisotopic (exact) mass is 275 g/mol. The Morgan fingerprint density at radius 2 is 2.30 bits per heavy atom. The Kier molecular flexibility index (Phi) is 3.66. The lowest BCUT2D eigenvalue weighted by Gasteiger charge is -2.25. The van der Waals surface area contributed by atoms with Crippen LogP contribution in [0.4, 0.5) is 0 Å². The van der Waals surface area contributed by atoms with E-state index in [0.29, 0.717) is 18.4 Å². The summed E-state index contributed by atoms with van der Waals surface area (Å²) in [7, 11) is 1.47. The first kappa shape index (κ1) is 13.4. The maximum absolute atomic E-state index is 12.1. The number of phenolic OH excluding ortho intramolecular Hbond substituents is 1. The first-order chi connectivity index (χ1) is 9.69. The Bertz CT molecular complexity index is 502. The maximum atomic E-state index is 12.1. The van der Waals surface area contributed by atoms with Crippen LogP contribution < -0.4 is 0 Å². The van der Waals surface area contributed by atoms with Crippen molar-refractivity contribution >= 4 is 5.97 Å². The summed E-state index contributed by atoms with van der Waals surface area (Å²) in [4.78, 5) is 14.3. The highest BCUT2D eigenvalue weighted by molar-refractivity contribution is 5.76. The molecule has 0 unspecified atom stereocenters. The zero-order valence-electron chi connectivity index (χ0n) is 11.8. The molecule has 1 aliphatic carbocycles. The lowest BCUT2D eigenvalue weighted by Crippen LogP contribution is -2.40. The van der Waals surface area contributed by atoms with Crippen molar-refractivity contribution < 1.29 is 14.6 Å². The lowest BCUT2D eigenvalue weighted by atomic mass is 9.94. The molecular formula is C16H21NO3. The highest BCUT2D eigenvalue weighted by atomic mass is 16.5. The molecule has 1 saturated carbocycles. The van der Waals surface area contributed by atoms with Gasteiger partial charge in [0, 0.05) is 13.1 Å². The molecule has 20 heavy (non-hydrogen) atoms. The molecule has 4 heteroatoms. The maximum Gasteiger partial charge on any atom is 0.323 e. The Balaban J connectivity index is 1.79. The summed E-state index contributed by atoms with van der Waals surface area (Å²) in [6.07, 6.45) is 3.57. The molecule has 0 amide bonds. The van der Waals surface area contributed by atoms with Crippen molar-refractivity contribution in [1.82, 2.24) is 4.90 Å². The predicted octanol–water partition coefficient (Wildman–Crippen LogP) is 2.17. The molecule has 0 spiro atoms.